The lowest BCUT2D eigenvalue weighted by atomic mass is 10.1. The Bertz CT molecular complexity index is 607. The Balaban J connectivity index is 1.96. The maximum absolute atomic E-state index is 11.4. The van der Waals surface area contributed by atoms with Crippen molar-refractivity contribution in [2.45, 2.75) is 26.9 Å². The Morgan fingerprint density at radius 1 is 1.33 bits per heavy atom. The number of esters is 1. The van der Waals surface area contributed by atoms with Crippen molar-refractivity contribution in [1.29, 1.82) is 0 Å². The number of aromatic nitrogens is 2. The normalized spacial score (nSPS) is 10.7. The van der Waals surface area contributed by atoms with E-state index in [4.69, 9.17) is 9.26 Å². The molecule has 2 aromatic rings. The van der Waals surface area contributed by atoms with Crippen LogP contribution in [0.25, 0.3) is 0 Å². The van der Waals surface area contributed by atoms with Gasteiger partial charge in [0.1, 0.15) is 23.8 Å². The highest BCUT2D eigenvalue weighted by Gasteiger charge is 2.09. The molecule has 0 aliphatic carbocycles. The lowest BCUT2D eigenvalue weighted by Crippen LogP contribution is -2.03. The first-order valence-electron chi connectivity index (χ1n) is 6.69. The van der Waals surface area contributed by atoms with Crippen LogP contribution in [0, 0.1) is 5.92 Å². The molecule has 0 bridgehead atoms. The van der Waals surface area contributed by atoms with Gasteiger partial charge in [-0.3, -0.25) is 4.98 Å². The maximum Gasteiger partial charge on any atom is 0.339 e. The molecule has 0 aliphatic heterocycles. The highest BCUT2D eigenvalue weighted by atomic mass is 16.5. The number of rotatable bonds is 6. The van der Waals surface area contributed by atoms with E-state index in [1.807, 2.05) is 6.07 Å². The third kappa shape index (κ3) is 4.30. The highest BCUT2D eigenvalue weighted by molar-refractivity contribution is 5.89. The second kappa shape index (κ2) is 6.88. The van der Waals surface area contributed by atoms with E-state index >= 15 is 0 Å². The first-order chi connectivity index (χ1) is 10.1. The van der Waals surface area contributed by atoms with E-state index in [1.165, 1.54) is 19.5 Å². The topological polar surface area (TPSA) is 74.5 Å². The third-order valence-corrected chi connectivity index (χ3v) is 2.74. The minimum atomic E-state index is -0.450. The van der Waals surface area contributed by atoms with E-state index in [2.05, 4.69) is 28.7 Å². The van der Waals surface area contributed by atoms with Crippen LogP contribution >= 0.6 is 0 Å². The summed E-state index contributed by atoms with van der Waals surface area (Å²) in [4.78, 5) is 15.3. The van der Waals surface area contributed by atoms with Gasteiger partial charge in [0.15, 0.2) is 0 Å². The summed E-state index contributed by atoms with van der Waals surface area (Å²) in [6.45, 7) is 4.49. The van der Waals surface area contributed by atoms with Gasteiger partial charge >= 0.3 is 5.97 Å². The van der Waals surface area contributed by atoms with Gasteiger partial charge in [-0.2, -0.15) is 0 Å². The molecule has 2 aromatic heterocycles. The predicted molar refractivity (Wildman–Crippen MR) is 75.0 cm³/mol. The average Bonchev–Trinajstić information content (AvgIpc) is 2.91. The molecule has 0 atom stereocenters. The minimum Gasteiger partial charge on any atom is -0.486 e. The number of methoxy groups -OCH3 is 1. The summed E-state index contributed by atoms with van der Waals surface area (Å²) in [6, 6.07) is 3.45. The molecule has 6 heteroatoms. The van der Waals surface area contributed by atoms with Crippen LogP contribution in [0.15, 0.2) is 29.0 Å². The zero-order valence-electron chi connectivity index (χ0n) is 12.3. The number of carbonyl (C=O) groups excluding carboxylic acids is 1. The van der Waals surface area contributed by atoms with E-state index in [9.17, 15) is 4.79 Å². The maximum atomic E-state index is 11.4. The summed E-state index contributed by atoms with van der Waals surface area (Å²) in [6.07, 6.45) is 3.80. The Hall–Kier alpha value is -2.37. The van der Waals surface area contributed by atoms with Crippen LogP contribution in [0.4, 0.5) is 0 Å². The van der Waals surface area contributed by atoms with Crippen LogP contribution in [0.1, 0.15) is 35.7 Å². The first kappa shape index (κ1) is 15.0. The molecule has 0 spiro atoms. The van der Waals surface area contributed by atoms with E-state index in [0.717, 1.165) is 12.2 Å². The van der Waals surface area contributed by atoms with Crippen molar-refractivity contribution in [1.82, 2.24) is 10.1 Å². The summed E-state index contributed by atoms with van der Waals surface area (Å²) >= 11 is 0. The molecule has 0 saturated carbocycles. The van der Waals surface area contributed by atoms with Gasteiger partial charge in [0.2, 0.25) is 0 Å². The Morgan fingerprint density at radius 3 is 2.86 bits per heavy atom. The summed E-state index contributed by atoms with van der Waals surface area (Å²) in [5.41, 5.74) is 1.05. The van der Waals surface area contributed by atoms with Crippen molar-refractivity contribution in [3.05, 3.63) is 41.5 Å². The molecule has 0 saturated heterocycles. The zero-order chi connectivity index (χ0) is 15.2. The lowest BCUT2D eigenvalue weighted by Gasteiger charge is -2.04. The summed E-state index contributed by atoms with van der Waals surface area (Å²) in [5, 5.41) is 3.95. The van der Waals surface area contributed by atoms with Gasteiger partial charge in [-0.05, 0) is 12.0 Å². The van der Waals surface area contributed by atoms with Gasteiger partial charge in [-0.15, -0.1) is 0 Å². The van der Waals surface area contributed by atoms with Gasteiger partial charge in [0.05, 0.1) is 18.9 Å². The molecule has 0 aromatic carbocycles. The van der Waals surface area contributed by atoms with Crippen LogP contribution in [0.3, 0.4) is 0 Å². The van der Waals surface area contributed by atoms with Crippen molar-refractivity contribution in [2.75, 3.05) is 7.11 Å². The standard InChI is InChI=1S/C15H18N2O4/c1-10(2)4-13-6-12(17-21-13)9-20-14-5-11(7-16-8-14)15(18)19-3/h5-8,10H,4,9H2,1-3H3. The van der Waals surface area contributed by atoms with Gasteiger partial charge in [-0.25, -0.2) is 4.79 Å². The van der Waals surface area contributed by atoms with Gasteiger partial charge < -0.3 is 14.0 Å². The molecule has 0 N–H and O–H groups in total. The minimum absolute atomic E-state index is 0.258. The molecule has 2 heterocycles. The Kier molecular flexibility index (Phi) is 4.92. The molecule has 0 radical (unpaired) electrons. The molecular weight excluding hydrogens is 272 g/mol. The summed E-state index contributed by atoms with van der Waals surface area (Å²) in [7, 11) is 1.32. The van der Waals surface area contributed by atoms with Gasteiger partial charge in [0, 0.05) is 18.7 Å². The molecule has 6 nitrogen and oxygen atoms in total. The van der Waals surface area contributed by atoms with Crippen LogP contribution in [0.2, 0.25) is 0 Å². The molecular formula is C15H18N2O4. The number of hydrogen-bond acceptors (Lipinski definition) is 6. The fourth-order valence-corrected chi connectivity index (χ4v) is 1.81. The molecule has 0 unspecified atom stereocenters. The SMILES string of the molecule is COC(=O)c1cncc(OCc2cc(CC(C)C)on2)c1. The first-order valence-corrected chi connectivity index (χ1v) is 6.69. The van der Waals surface area contributed by atoms with Crippen LogP contribution < -0.4 is 4.74 Å². The number of carbonyl (C=O) groups is 1. The van der Waals surface area contributed by atoms with E-state index < -0.39 is 5.97 Å². The fourth-order valence-electron chi connectivity index (χ4n) is 1.81. The third-order valence-electron chi connectivity index (χ3n) is 2.74. The molecule has 21 heavy (non-hydrogen) atoms. The highest BCUT2D eigenvalue weighted by Crippen LogP contribution is 2.15. The zero-order valence-corrected chi connectivity index (χ0v) is 12.3. The van der Waals surface area contributed by atoms with E-state index in [1.54, 1.807) is 6.07 Å². The monoisotopic (exact) mass is 290 g/mol. The summed E-state index contributed by atoms with van der Waals surface area (Å²) < 4.78 is 15.4. The number of hydrogen-bond donors (Lipinski definition) is 0. The molecule has 0 fully saturated rings. The van der Waals surface area contributed by atoms with Gasteiger partial charge in [0.25, 0.3) is 0 Å². The van der Waals surface area contributed by atoms with Crippen LogP contribution in [-0.4, -0.2) is 23.2 Å². The molecule has 112 valence electrons. The van der Waals surface area contributed by atoms with Crippen molar-refractivity contribution in [2.24, 2.45) is 5.92 Å². The number of nitrogens with zero attached hydrogens (tertiary/aromatic N) is 2. The van der Waals surface area contributed by atoms with Crippen molar-refractivity contribution in [3.8, 4) is 5.75 Å². The van der Waals surface area contributed by atoms with Crippen LogP contribution in [-0.2, 0) is 17.8 Å². The van der Waals surface area contributed by atoms with Crippen molar-refractivity contribution >= 4 is 5.97 Å². The largest absolute Gasteiger partial charge is 0.486 e. The average molecular weight is 290 g/mol. The Labute approximate surface area is 123 Å². The van der Waals surface area contributed by atoms with E-state index in [0.29, 0.717) is 22.9 Å². The Morgan fingerprint density at radius 2 is 2.14 bits per heavy atom. The number of ether oxygens (including phenoxy) is 2. The van der Waals surface area contributed by atoms with Gasteiger partial charge in [-0.1, -0.05) is 19.0 Å². The van der Waals surface area contributed by atoms with E-state index in [-0.39, 0.29) is 6.61 Å². The molecule has 0 amide bonds. The predicted octanol–water partition coefficient (Wildman–Crippen LogP) is 2.63. The second-order valence-electron chi connectivity index (χ2n) is 5.07. The molecule has 2 rings (SSSR count). The molecule has 0 aliphatic rings. The van der Waals surface area contributed by atoms with Crippen molar-refractivity contribution in [3.63, 3.8) is 0 Å². The quantitative estimate of drug-likeness (QED) is 0.761. The summed E-state index contributed by atoms with van der Waals surface area (Å²) in [5.74, 6) is 1.37. The van der Waals surface area contributed by atoms with Crippen LogP contribution in [0.5, 0.6) is 5.75 Å². The second-order valence-corrected chi connectivity index (χ2v) is 5.07. The lowest BCUT2D eigenvalue weighted by molar-refractivity contribution is 0.0599. The fraction of sp³-hybridized carbons (Fsp3) is 0.400. The smallest absolute Gasteiger partial charge is 0.339 e. The number of pyridine rings is 1. The van der Waals surface area contributed by atoms with Crippen molar-refractivity contribution < 1.29 is 18.8 Å².